The Morgan fingerprint density at radius 2 is 1.88 bits per heavy atom. The lowest BCUT2D eigenvalue weighted by atomic mass is 9.89. The van der Waals surface area contributed by atoms with Crippen LogP contribution in [0.4, 0.5) is 0 Å². The Balaban J connectivity index is 2.42. The van der Waals surface area contributed by atoms with E-state index in [1.165, 1.54) is 23.8 Å². The van der Waals surface area contributed by atoms with E-state index < -0.39 is 0 Å². The molecule has 0 aliphatic carbocycles. The molecule has 1 unspecified atom stereocenters. The first kappa shape index (κ1) is 12.2. The van der Waals surface area contributed by atoms with Crippen molar-refractivity contribution < 1.29 is 4.42 Å². The van der Waals surface area contributed by atoms with Gasteiger partial charge >= 0.3 is 0 Å². The number of hydrogen-bond acceptors (Lipinski definition) is 2. The Morgan fingerprint density at radius 3 is 2.53 bits per heavy atom. The normalized spacial score (nSPS) is 13.4. The van der Waals surface area contributed by atoms with E-state index in [1.54, 1.807) is 0 Å². The summed E-state index contributed by atoms with van der Waals surface area (Å²) in [6.45, 7) is 4.50. The zero-order valence-corrected chi connectivity index (χ0v) is 10.9. The highest BCUT2D eigenvalue weighted by atomic mass is 16.3. The van der Waals surface area contributed by atoms with Gasteiger partial charge in [-0.1, -0.05) is 44.9 Å². The molecule has 1 aromatic carbocycles. The number of fused-ring (bicyclic) bond motifs is 1. The van der Waals surface area contributed by atoms with Crippen LogP contribution in [0.3, 0.4) is 0 Å². The number of benzene rings is 1. The van der Waals surface area contributed by atoms with Gasteiger partial charge in [0, 0.05) is 17.0 Å². The molecule has 1 aromatic heterocycles. The second-order valence-electron chi connectivity index (χ2n) is 4.53. The van der Waals surface area contributed by atoms with Crippen molar-refractivity contribution in [3.8, 4) is 0 Å². The van der Waals surface area contributed by atoms with Crippen LogP contribution in [0, 0.1) is 5.92 Å². The molecule has 1 N–H and O–H groups in total. The van der Waals surface area contributed by atoms with Crippen molar-refractivity contribution in [2.24, 2.45) is 5.92 Å². The summed E-state index contributed by atoms with van der Waals surface area (Å²) < 4.78 is 5.63. The Bertz CT molecular complexity index is 470. The van der Waals surface area contributed by atoms with E-state index in [0.717, 1.165) is 5.58 Å². The van der Waals surface area contributed by atoms with Crippen LogP contribution in [0.25, 0.3) is 11.0 Å². The van der Waals surface area contributed by atoms with E-state index >= 15 is 0 Å². The molecule has 0 bridgehead atoms. The summed E-state index contributed by atoms with van der Waals surface area (Å²) in [4.78, 5) is 0. The summed E-state index contributed by atoms with van der Waals surface area (Å²) in [7, 11) is 2.03. The van der Waals surface area contributed by atoms with E-state index in [4.69, 9.17) is 4.42 Å². The molecular weight excluding hydrogens is 210 g/mol. The molecule has 0 radical (unpaired) electrons. The first-order valence-electron chi connectivity index (χ1n) is 6.45. The molecular formula is C15H21NO. The molecule has 0 amide bonds. The van der Waals surface area contributed by atoms with Gasteiger partial charge in [-0.05, 0) is 19.0 Å². The Labute approximate surface area is 103 Å². The first-order chi connectivity index (χ1) is 8.31. The third-order valence-corrected chi connectivity index (χ3v) is 3.68. The Hall–Kier alpha value is -1.28. The minimum atomic E-state index is 0.383. The molecule has 0 aliphatic heterocycles. The molecule has 0 aliphatic rings. The molecule has 2 aromatic rings. The summed E-state index contributed by atoms with van der Waals surface area (Å²) in [5.74, 6) is 0.654. The fourth-order valence-electron chi connectivity index (χ4n) is 2.64. The van der Waals surface area contributed by atoms with Gasteiger partial charge in [0.1, 0.15) is 5.58 Å². The summed E-state index contributed by atoms with van der Waals surface area (Å²) >= 11 is 0. The Morgan fingerprint density at radius 1 is 1.18 bits per heavy atom. The number of para-hydroxylation sites is 1. The van der Waals surface area contributed by atoms with E-state index in [-0.39, 0.29) is 0 Å². The van der Waals surface area contributed by atoms with Crippen molar-refractivity contribution in [2.75, 3.05) is 7.05 Å². The van der Waals surface area contributed by atoms with Crippen molar-refractivity contribution in [1.82, 2.24) is 5.32 Å². The largest absolute Gasteiger partial charge is 0.464 e. The molecule has 17 heavy (non-hydrogen) atoms. The smallest absolute Gasteiger partial charge is 0.134 e. The third kappa shape index (κ3) is 2.22. The van der Waals surface area contributed by atoms with Gasteiger partial charge in [-0.3, -0.25) is 0 Å². The quantitative estimate of drug-likeness (QED) is 0.837. The SMILES string of the molecule is CCC(CC)C(NC)c1coc2ccccc12. The summed E-state index contributed by atoms with van der Waals surface area (Å²) in [6, 6.07) is 8.63. The van der Waals surface area contributed by atoms with Gasteiger partial charge < -0.3 is 9.73 Å². The van der Waals surface area contributed by atoms with Crippen LogP contribution in [0.2, 0.25) is 0 Å². The van der Waals surface area contributed by atoms with Crippen LogP contribution in [-0.4, -0.2) is 7.05 Å². The lowest BCUT2D eigenvalue weighted by molar-refractivity contribution is 0.359. The zero-order valence-electron chi connectivity index (χ0n) is 10.9. The molecule has 1 heterocycles. The second-order valence-corrected chi connectivity index (χ2v) is 4.53. The predicted molar refractivity (Wildman–Crippen MR) is 72.1 cm³/mol. The van der Waals surface area contributed by atoms with Crippen molar-refractivity contribution in [1.29, 1.82) is 0 Å². The predicted octanol–water partition coefficient (Wildman–Crippen LogP) is 4.13. The Kier molecular flexibility index (Phi) is 3.85. The fraction of sp³-hybridized carbons (Fsp3) is 0.467. The maximum Gasteiger partial charge on any atom is 0.134 e. The standard InChI is InChI=1S/C15H21NO/c1-4-11(5-2)15(16-3)13-10-17-14-9-7-6-8-12(13)14/h6-11,15-16H,4-5H2,1-3H3. The van der Waals surface area contributed by atoms with Crippen molar-refractivity contribution in [3.63, 3.8) is 0 Å². The summed E-state index contributed by atoms with van der Waals surface area (Å²) in [5.41, 5.74) is 2.27. The lowest BCUT2D eigenvalue weighted by Gasteiger charge is -2.24. The minimum Gasteiger partial charge on any atom is -0.464 e. The number of nitrogens with one attached hydrogen (secondary N) is 1. The fourth-order valence-corrected chi connectivity index (χ4v) is 2.64. The van der Waals surface area contributed by atoms with Gasteiger partial charge in [0.05, 0.1) is 6.26 Å². The van der Waals surface area contributed by atoms with Gasteiger partial charge in [-0.25, -0.2) is 0 Å². The number of hydrogen-bond donors (Lipinski definition) is 1. The van der Waals surface area contributed by atoms with Crippen molar-refractivity contribution in [2.45, 2.75) is 32.7 Å². The molecule has 2 rings (SSSR count). The van der Waals surface area contributed by atoms with Crippen LogP contribution in [0.1, 0.15) is 38.3 Å². The summed E-state index contributed by atoms with van der Waals surface area (Å²) in [6.07, 6.45) is 4.27. The maximum absolute atomic E-state index is 5.63. The van der Waals surface area contributed by atoms with Crippen LogP contribution in [-0.2, 0) is 0 Å². The highest BCUT2D eigenvalue weighted by Crippen LogP contribution is 2.33. The van der Waals surface area contributed by atoms with Gasteiger partial charge in [-0.2, -0.15) is 0 Å². The number of rotatable bonds is 5. The highest BCUT2D eigenvalue weighted by Gasteiger charge is 2.22. The zero-order chi connectivity index (χ0) is 12.3. The van der Waals surface area contributed by atoms with Crippen LogP contribution in [0.15, 0.2) is 34.9 Å². The van der Waals surface area contributed by atoms with Crippen LogP contribution >= 0.6 is 0 Å². The number of furan rings is 1. The average molecular weight is 231 g/mol. The molecule has 0 spiro atoms. The van der Waals surface area contributed by atoms with Crippen LogP contribution < -0.4 is 5.32 Å². The van der Waals surface area contributed by atoms with E-state index in [2.05, 4.69) is 31.3 Å². The van der Waals surface area contributed by atoms with Gasteiger partial charge in [0.2, 0.25) is 0 Å². The first-order valence-corrected chi connectivity index (χ1v) is 6.45. The molecule has 92 valence electrons. The monoisotopic (exact) mass is 231 g/mol. The second kappa shape index (κ2) is 5.37. The molecule has 0 saturated carbocycles. The van der Waals surface area contributed by atoms with E-state index in [0.29, 0.717) is 12.0 Å². The van der Waals surface area contributed by atoms with E-state index in [1.807, 2.05) is 25.4 Å². The third-order valence-electron chi connectivity index (χ3n) is 3.68. The van der Waals surface area contributed by atoms with E-state index in [9.17, 15) is 0 Å². The molecule has 0 saturated heterocycles. The minimum absolute atomic E-state index is 0.383. The molecule has 2 heteroatoms. The van der Waals surface area contributed by atoms with Crippen molar-refractivity contribution >= 4 is 11.0 Å². The molecule has 0 fully saturated rings. The van der Waals surface area contributed by atoms with Crippen molar-refractivity contribution in [3.05, 3.63) is 36.1 Å². The highest BCUT2D eigenvalue weighted by molar-refractivity contribution is 5.81. The molecule has 2 nitrogen and oxygen atoms in total. The lowest BCUT2D eigenvalue weighted by Crippen LogP contribution is -2.24. The van der Waals surface area contributed by atoms with Gasteiger partial charge in [-0.15, -0.1) is 0 Å². The molecule has 1 atom stereocenters. The summed E-state index contributed by atoms with van der Waals surface area (Å²) in [5, 5.41) is 4.67. The maximum atomic E-state index is 5.63. The van der Waals surface area contributed by atoms with Gasteiger partial charge in [0.15, 0.2) is 0 Å². The topological polar surface area (TPSA) is 25.2 Å². The van der Waals surface area contributed by atoms with Crippen LogP contribution in [0.5, 0.6) is 0 Å². The van der Waals surface area contributed by atoms with Gasteiger partial charge in [0.25, 0.3) is 0 Å². The average Bonchev–Trinajstić information content (AvgIpc) is 2.79.